The zero-order valence-electron chi connectivity index (χ0n) is 14.5. The predicted octanol–water partition coefficient (Wildman–Crippen LogP) is 2.59. The lowest BCUT2D eigenvalue weighted by Crippen LogP contribution is -2.39. The van der Waals surface area contributed by atoms with Gasteiger partial charge < -0.3 is 21.3 Å². The van der Waals surface area contributed by atoms with E-state index in [1.54, 1.807) is 48.5 Å². The maximum absolute atomic E-state index is 12.2. The molecule has 4 amide bonds. The predicted molar refractivity (Wildman–Crippen MR) is 101 cm³/mol. The van der Waals surface area contributed by atoms with Crippen LogP contribution in [0.5, 0.6) is 0 Å². The van der Waals surface area contributed by atoms with Gasteiger partial charge in [-0.2, -0.15) is 0 Å². The van der Waals surface area contributed by atoms with Crippen LogP contribution < -0.4 is 21.3 Å². The van der Waals surface area contributed by atoms with Gasteiger partial charge in [-0.25, -0.2) is 4.79 Å². The van der Waals surface area contributed by atoms with E-state index in [0.717, 1.165) is 6.42 Å². The highest BCUT2D eigenvalue weighted by Crippen LogP contribution is 2.16. The van der Waals surface area contributed by atoms with Gasteiger partial charge in [0.05, 0.1) is 6.54 Å². The van der Waals surface area contributed by atoms with Crippen molar-refractivity contribution >= 4 is 29.2 Å². The molecule has 0 aliphatic carbocycles. The molecule has 0 radical (unpaired) electrons. The van der Waals surface area contributed by atoms with Crippen LogP contribution in [0, 0.1) is 0 Å². The number of anilines is 2. The molecule has 7 nitrogen and oxygen atoms in total. The van der Waals surface area contributed by atoms with Gasteiger partial charge in [-0.15, -0.1) is 0 Å². The van der Waals surface area contributed by atoms with Crippen LogP contribution in [0.3, 0.4) is 0 Å². The van der Waals surface area contributed by atoms with Gasteiger partial charge >= 0.3 is 6.03 Å². The molecule has 0 saturated heterocycles. The molecule has 2 aromatic carbocycles. The number of benzene rings is 2. The Bertz CT molecular complexity index is 762. The summed E-state index contributed by atoms with van der Waals surface area (Å²) in [6.45, 7) is 2.42. The Morgan fingerprint density at radius 2 is 1.54 bits per heavy atom. The van der Waals surface area contributed by atoms with Gasteiger partial charge in [0.1, 0.15) is 0 Å². The molecule has 26 heavy (non-hydrogen) atoms. The van der Waals surface area contributed by atoms with Crippen molar-refractivity contribution in [3.63, 3.8) is 0 Å². The van der Waals surface area contributed by atoms with Crippen molar-refractivity contribution < 1.29 is 14.4 Å². The van der Waals surface area contributed by atoms with E-state index in [4.69, 9.17) is 0 Å². The van der Waals surface area contributed by atoms with Gasteiger partial charge in [0.2, 0.25) is 5.91 Å². The molecule has 2 aromatic rings. The first-order valence-corrected chi connectivity index (χ1v) is 8.36. The Hall–Kier alpha value is -3.35. The minimum Gasteiger partial charge on any atom is -0.355 e. The van der Waals surface area contributed by atoms with Crippen molar-refractivity contribution in [2.24, 2.45) is 0 Å². The lowest BCUT2D eigenvalue weighted by Gasteiger charge is -2.10. The molecule has 136 valence electrons. The van der Waals surface area contributed by atoms with Crippen molar-refractivity contribution in [1.82, 2.24) is 10.6 Å². The highest BCUT2D eigenvalue weighted by atomic mass is 16.2. The Morgan fingerprint density at radius 1 is 0.846 bits per heavy atom. The minimum atomic E-state index is -0.497. The first kappa shape index (κ1) is 19.0. The largest absolute Gasteiger partial charge is 0.355 e. The number of urea groups is 1. The highest BCUT2D eigenvalue weighted by molar-refractivity contribution is 6.04. The second-order valence-corrected chi connectivity index (χ2v) is 5.56. The number of carbonyl (C=O) groups excluding carboxylic acids is 3. The Labute approximate surface area is 152 Å². The van der Waals surface area contributed by atoms with E-state index in [2.05, 4.69) is 21.3 Å². The van der Waals surface area contributed by atoms with E-state index >= 15 is 0 Å². The third-order valence-electron chi connectivity index (χ3n) is 3.40. The Morgan fingerprint density at radius 3 is 2.23 bits per heavy atom. The van der Waals surface area contributed by atoms with Crippen LogP contribution in [0.4, 0.5) is 16.2 Å². The zero-order valence-corrected chi connectivity index (χ0v) is 14.5. The summed E-state index contributed by atoms with van der Waals surface area (Å²) in [6.07, 6.45) is 0.833. The van der Waals surface area contributed by atoms with E-state index in [-0.39, 0.29) is 18.4 Å². The molecule has 4 N–H and O–H groups in total. The van der Waals surface area contributed by atoms with Crippen molar-refractivity contribution in [3.8, 4) is 0 Å². The average Bonchev–Trinajstić information content (AvgIpc) is 2.65. The van der Waals surface area contributed by atoms with Crippen LogP contribution >= 0.6 is 0 Å². The van der Waals surface area contributed by atoms with Crippen molar-refractivity contribution in [2.45, 2.75) is 13.3 Å². The molecule has 0 heterocycles. The Balaban J connectivity index is 1.87. The molecule has 0 fully saturated rings. The third kappa shape index (κ3) is 6.27. The van der Waals surface area contributed by atoms with Crippen molar-refractivity contribution in [2.75, 3.05) is 23.7 Å². The van der Waals surface area contributed by atoms with Gasteiger partial charge in [-0.05, 0) is 36.8 Å². The molecule has 0 unspecified atom stereocenters. The van der Waals surface area contributed by atoms with Gasteiger partial charge in [0.25, 0.3) is 5.91 Å². The normalized spacial score (nSPS) is 9.88. The summed E-state index contributed by atoms with van der Waals surface area (Å²) in [6, 6.07) is 15.1. The number of nitrogens with one attached hydrogen (secondary N) is 4. The number of hydrogen-bond acceptors (Lipinski definition) is 3. The molecular weight excluding hydrogens is 332 g/mol. The second kappa shape index (κ2) is 9.83. The smallest absolute Gasteiger partial charge is 0.319 e. The number of amides is 4. The van der Waals surface area contributed by atoms with Gasteiger partial charge in [-0.1, -0.05) is 31.2 Å². The molecule has 0 saturated carbocycles. The summed E-state index contributed by atoms with van der Waals surface area (Å²) < 4.78 is 0. The minimum absolute atomic E-state index is 0.101. The summed E-state index contributed by atoms with van der Waals surface area (Å²) in [5, 5.41) is 10.5. The quantitative estimate of drug-likeness (QED) is 0.615. The van der Waals surface area contributed by atoms with Crippen LogP contribution in [0.25, 0.3) is 0 Å². The molecule has 0 atom stereocenters. The van der Waals surface area contributed by atoms with E-state index in [0.29, 0.717) is 23.5 Å². The summed E-state index contributed by atoms with van der Waals surface area (Å²) in [7, 11) is 0. The molecule has 2 rings (SSSR count). The summed E-state index contributed by atoms with van der Waals surface area (Å²) in [4.78, 5) is 35.5. The monoisotopic (exact) mass is 354 g/mol. The summed E-state index contributed by atoms with van der Waals surface area (Å²) >= 11 is 0. The fourth-order valence-electron chi connectivity index (χ4n) is 2.13. The number of rotatable bonds is 7. The SMILES string of the molecule is CCCNC(=O)CNC(=O)Nc1cccc(NC(=O)c2ccccc2)c1. The van der Waals surface area contributed by atoms with Gasteiger partial charge in [0.15, 0.2) is 0 Å². The van der Waals surface area contributed by atoms with Crippen molar-refractivity contribution in [3.05, 3.63) is 60.2 Å². The summed E-state index contributed by atoms with van der Waals surface area (Å²) in [5.41, 5.74) is 1.60. The van der Waals surface area contributed by atoms with Gasteiger partial charge in [-0.3, -0.25) is 9.59 Å². The highest BCUT2D eigenvalue weighted by Gasteiger charge is 2.08. The van der Waals surface area contributed by atoms with Crippen molar-refractivity contribution in [1.29, 1.82) is 0 Å². The summed E-state index contributed by atoms with van der Waals surface area (Å²) in [5.74, 6) is -0.481. The van der Waals surface area contributed by atoms with Gasteiger partial charge in [0, 0.05) is 23.5 Å². The molecule has 0 aliphatic rings. The lowest BCUT2D eigenvalue weighted by atomic mass is 10.2. The van der Waals surface area contributed by atoms with Crippen LogP contribution in [0.2, 0.25) is 0 Å². The second-order valence-electron chi connectivity index (χ2n) is 5.56. The maximum atomic E-state index is 12.2. The topological polar surface area (TPSA) is 99.3 Å². The number of hydrogen-bond donors (Lipinski definition) is 4. The molecule has 0 aliphatic heterocycles. The average molecular weight is 354 g/mol. The van der Waals surface area contributed by atoms with Crippen LogP contribution in [0.15, 0.2) is 54.6 Å². The fourth-order valence-corrected chi connectivity index (χ4v) is 2.13. The molecule has 0 spiro atoms. The molecule has 0 aromatic heterocycles. The molecule has 7 heteroatoms. The zero-order chi connectivity index (χ0) is 18.8. The first-order chi connectivity index (χ1) is 12.6. The Kier molecular flexibility index (Phi) is 7.17. The van der Waals surface area contributed by atoms with Crippen LogP contribution in [0.1, 0.15) is 23.7 Å². The third-order valence-corrected chi connectivity index (χ3v) is 3.40. The molecule has 0 bridgehead atoms. The fraction of sp³-hybridized carbons (Fsp3) is 0.211. The van der Waals surface area contributed by atoms with E-state index < -0.39 is 6.03 Å². The van der Waals surface area contributed by atoms with E-state index in [9.17, 15) is 14.4 Å². The van der Waals surface area contributed by atoms with E-state index in [1.165, 1.54) is 0 Å². The maximum Gasteiger partial charge on any atom is 0.319 e. The number of carbonyl (C=O) groups is 3. The molecular formula is C19H22N4O3. The standard InChI is InChI=1S/C19H22N4O3/c1-2-11-20-17(24)13-21-19(26)23-16-10-6-9-15(12-16)22-18(25)14-7-4-3-5-8-14/h3-10,12H,2,11,13H2,1H3,(H,20,24)(H,22,25)(H2,21,23,26). The lowest BCUT2D eigenvalue weighted by molar-refractivity contribution is -0.120. The van der Waals surface area contributed by atoms with E-state index in [1.807, 2.05) is 13.0 Å². The first-order valence-electron chi connectivity index (χ1n) is 8.36. The van der Waals surface area contributed by atoms with Crippen LogP contribution in [-0.4, -0.2) is 30.9 Å². The van der Waals surface area contributed by atoms with Crippen LogP contribution in [-0.2, 0) is 4.79 Å².